The highest BCUT2D eigenvalue weighted by atomic mass is 79.9. The molecule has 0 bridgehead atoms. The number of sulfonamides is 1. The molecule has 2 aromatic carbocycles. The normalized spacial score (nSPS) is 11.6. The second kappa shape index (κ2) is 9.17. The Morgan fingerprint density at radius 2 is 1.72 bits per heavy atom. The first-order valence-electron chi connectivity index (χ1n) is 8.96. The zero-order valence-corrected chi connectivity index (χ0v) is 18.8. The van der Waals surface area contributed by atoms with Crippen molar-refractivity contribution in [1.29, 1.82) is 0 Å². The third-order valence-corrected chi connectivity index (χ3v) is 6.62. The van der Waals surface area contributed by atoms with Crippen molar-refractivity contribution in [3.05, 3.63) is 89.2 Å². The van der Waals surface area contributed by atoms with Crippen LogP contribution in [0.4, 0.5) is 18.9 Å². The number of pyridine rings is 1. The van der Waals surface area contributed by atoms with Gasteiger partial charge >= 0.3 is 6.18 Å². The van der Waals surface area contributed by atoms with Gasteiger partial charge < -0.3 is 4.74 Å². The maximum Gasteiger partial charge on any atom is 0.416 e. The molecule has 10 heteroatoms. The van der Waals surface area contributed by atoms with E-state index in [9.17, 15) is 21.6 Å². The number of aromatic nitrogens is 1. The van der Waals surface area contributed by atoms with Gasteiger partial charge in [-0.15, -0.1) is 0 Å². The van der Waals surface area contributed by atoms with Gasteiger partial charge in [-0.05, 0) is 70.5 Å². The number of ether oxygens (including phenoxy) is 1. The van der Waals surface area contributed by atoms with E-state index >= 15 is 0 Å². The third-order valence-electron chi connectivity index (χ3n) is 4.26. The maximum atomic E-state index is 12.8. The molecule has 32 heavy (non-hydrogen) atoms. The fraction of sp³-hybridized carbons (Fsp3) is 0.0455. The molecule has 1 aromatic heterocycles. The van der Waals surface area contributed by atoms with Gasteiger partial charge in [-0.2, -0.15) is 13.2 Å². The second-order valence-electron chi connectivity index (χ2n) is 6.39. The Kier molecular flexibility index (Phi) is 6.75. The van der Waals surface area contributed by atoms with Crippen LogP contribution in [0, 0.1) is 0 Å². The van der Waals surface area contributed by atoms with Gasteiger partial charge in [0, 0.05) is 21.9 Å². The van der Waals surface area contributed by atoms with Crippen LogP contribution in [0.5, 0.6) is 11.5 Å². The minimum Gasteiger partial charge on any atom is -0.457 e. The van der Waals surface area contributed by atoms with Crippen molar-refractivity contribution in [1.82, 2.24) is 4.98 Å². The van der Waals surface area contributed by atoms with Crippen molar-refractivity contribution in [2.75, 3.05) is 4.72 Å². The zero-order chi connectivity index (χ0) is 23.5. The number of alkyl halides is 3. The number of hydrogen-bond acceptors (Lipinski definition) is 4. The average Bonchev–Trinajstić information content (AvgIpc) is 2.73. The summed E-state index contributed by atoms with van der Waals surface area (Å²) in [5, 5.41) is 0. The molecule has 0 aliphatic heterocycles. The number of benzene rings is 2. The first kappa shape index (κ1) is 23.6. The molecule has 0 unspecified atom stereocenters. The predicted molar refractivity (Wildman–Crippen MR) is 121 cm³/mol. The number of anilines is 1. The van der Waals surface area contributed by atoms with Crippen LogP contribution in [0.15, 0.2) is 77.3 Å². The molecule has 1 N–H and O–H groups in total. The Hall–Kier alpha value is -3.11. The van der Waals surface area contributed by atoms with E-state index in [2.05, 4.69) is 38.8 Å². The topological polar surface area (TPSA) is 68.3 Å². The number of hydrogen-bond donors (Lipinski definition) is 1. The van der Waals surface area contributed by atoms with Crippen LogP contribution in [0.25, 0.3) is 12.2 Å². The average molecular weight is 525 g/mol. The number of halogens is 4. The van der Waals surface area contributed by atoms with Crippen molar-refractivity contribution in [3.63, 3.8) is 0 Å². The lowest BCUT2D eigenvalue weighted by Crippen LogP contribution is -2.14. The summed E-state index contributed by atoms with van der Waals surface area (Å²) in [5.41, 5.74) is 0.498. The summed E-state index contributed by atoms with van der Waals surface area (Å²) in [6.07, 6.45) is 0.134. The quantitative estimate of drug-likeness (QED) is 0.371. The van der Waals surface area contributed by atoms with Crippen LogP contribution in [-0.4, -0.2) is 13.4 Å². The summed E-state index contributed by atoms with van der Waals surface area (Å²) in [4.78, 5) is 3.84. The second-order valence-corrected chi connectivity index (χ2v) is 8.90. The summed E-state index contributed by atoms with van der Waals surface area (Å²) in [6.45, 7) is 7.43. The molecule has 0 aliphatic carbocycles. The summed E-state index contributed by atoms with van der Waals surface area (Å²) >= 11 is 2.90. The van der Waals surface area contributed by atoms with Gasteiger partial charge in [-0.25, -0.2) is 8.42 Å². The highest BCUT2D eigenvalue weighted by molar-refractivity contribution is 9.10. The SMILES string of the molecule is C=Cc1nccc(Oc2ccc(NS(=O)(=O)c3ccc(C(F)(F)F)cc3Br)cc2)c1C=C. The van der Waals surface area contributed by atoms with E-state index in [0.717, 1.165) is 12.1 Å². The maximum absolute atomic E-state index is 12.8. The molecule has 166 valence electrons. The first-order valence-corrected chi connectivity index (χ1v) is 11.2. The van der Waals surface area contributed by atoms with E-state index in [1.165, 1.54) is 12.1 Å². The van der Waals surface area contributed by atoms with E-state index in [1.54, 1.807) is 36.5 Å². The molecule has 0 spiro atoms. The molecule has 0 saturated heterocycles. The Morgan fingerprint density at radius 3 is 2.28 bits per heavy atom. The molecule has 3 rings (SSSR count). The minimum atomic E-state index is -4.58. The van der Waals surface area contributed by atoms with E-state index in [4.69, 9.17) is 4.74 Å². The number of nitrogens with one attached hydrogen (secondary N) is 1. The predicted octanol–water partition coefficient (Wildman–Crippen LogP) is 6.74. The molecule has 0 radical (unpaired) electrons. The van der Waals surface area contributed by atoms with Crippen LogP contribution in [0.2, 0.25) is 0 Å². The number of rotatable bonds is 7. The Morgan fingerprint density at radius 1 is 1.03 bits per heavy atom. The fourth-order valence-corrected chi connectivity index (χ4v) is 4.89. The molecular formula is C22H16BrF3N2O3S. The third kappa shape index (κ3) is 5.20. The van der Waals surface area contributed by atoms with E-state index in [0.29, 0.717) is 28.8 Å². The lowest BCUT2D eigenvalue weighted by atomic mass is 10.1. The molecule has 0 fully saturated rings. The molecule has 0 aliphatic rings. The van der Waals surface area contributed by atoms with Crippen molar-refractivity contribution >= 4 is 43.8 Å². The van der Waals surface area contributed by atoms with Gasteiger partial charge in [0.25, 0.3) is 10.0 Å². The van der Waals surface area contributed by atoms with E-state index in [1.807, 2.05) is 0 Å². The largest absolute Gasteiger partial charge is 0.457 e. The minimum absolute atomic E-state index is 0.201. The van der Waals surface area contributed by atoms with E-state index < -0.39 is 21.8 Å². The fourth-order valence-electron chi connectivity index (χ4n) is 2.75. The Balaban J connectivity index is 1.80. The van der Waals surface area contributed by atoms with Crippen LogP contribution < -0.4 is 9.46 Å². The first-order chi connectivity index (χ1) is 15.0. The summed E-state index contributed by atoms with van der Waals surface area (Å²) in [5.74, 6) is 0.917. The van der Waals surface area contributed by atoms with E-state index in [-0.39, 0.29) is 15.1 Å². The summed E-state index contributed by atoms with van der Waals surface area (Å²) in [6, 6.07) is 9.99. The van der Waals surface area contributed by atoms with Gasteiger partial charge in [0.05, 0.1) is 11.3 Å². The van der Waals surface area contributed by atoms with Crippen molar-refractivity contribution in [2.24, 2.45) is 0 Å². The molecule has 1 heterocycles. The van der Waals surface area contributed by atoms with Crippen molar-refractivity contribution in [3.8, 4) is 11.5 Å². The Labute approximate surface area is 191 Å². The monoisotopic (exact) mass is 524 g/mol. The van der Waals surface area contributed by atoms with Crippen LogP contribution in [-0.2, 0) is 16.2 Å². The summed E-state index contributed by atoms with van der Waals surface area (Å²) < 4.78 is 71.7. The van der Waals surface area contributed by atoms with Gasteiger partial charge in [0.15, 0.2) is 0 Å². The van der Waals surface area contributed by atoms with Gasteiger partial charge in [-0.1, -0.05) is 19.2 Å². The smallest absolute Gasteiger partial charge is 0.416 e. The lowest BCUT2D eigenvalue weighted by Gasteiger charge is -2.13. The highest BCUT2D eigenvalue weighted by Crippen LogP contribution is 2.34. The molecule has 0 amide bonds. The van der Waals surface area contributed by atoms with Crippen LogP contribution >= 0.6 is 15.9 Å². The molecule has 3 aromatic rings. The lowest BCUT2D eigenvalue weighted by molar-refractivity contribution is -0.137. The van der Waals surface area contributed by atoms with Crippen molar-refractivity contribution < 1.29 is 26.3 Å². The summed E-state index contributed by atoms with van der Waals surface area (Å²) in [7, 11) is -4.14. The van der Waals surface area contributed by atoms with Crippen molar-refractivity contribution in [2.45, 2.75) is 11.1 Å². The standard InChI is InChI=1S/C22H16BrF3N2O3S/c1-3-17-19(4-2)27-12-11-20(17)31-16-8-6-15(7-9-16)28-32(29,30)21-10-5-14(13-18(21)23)22(24,25)26/h3-13,28H,1-2H2. The van der Waals surface area contributed by atoms with Crippen LogP contribution in [0.3, 0.4) is 0 Å². The molecular weight excluding hydrogens is 509 g/mol. The highest BCUT2D eigenvalue weighted by Gasteiger charge is 2.32. The van der Waals surface area contributed by atoms with Gasteiger partial charge in [0.2, 0.25) is 0 Å². The Bertz CT molecular complexity index is 1270. The molecule has 0 saturated carbocycles. The zero-order valence-electron chi connectivity index (χ0n) is 16.4. The molecule has 0 atom stereocenters. The number of nitrogens with zero attached hydrogens (tertiary/aromatic N) is 1. The van der Waals surface area contributed by atoms with Gasteiger partial charge in [0.1, 0.15) is 16.4 Å². The van der Waals surface area contributed by atoms with Crippen LogP contribution in [0.1, 0.15) is 16.8 Å². The van der Waals surface area contributed by atoms with Gasteiger partial charge in [-0.3, -0.25) is 9.71 Å². The molecule has 5 nitrogen and oxygen atoms in total.